The minimum absolute atomic E-state index is 0.162. The maximum absolute atomic E-state index is 11.7. The molecule has 17 heavy (non-hydrogen) atoms. The standard InChI is InChI=1S/C13H22N2OS/c1-5-11(6-2)13(16)14-8-7-12-15-9(3)10(4)17-12/h11H,5-8H2,1-4H3,(H,14,16). The lowest BCUT2D eigenvalue weighted by molar-refractivity contribution is -0.125. The summed E-state index contributed by atoms with van der Waals surface area (Å²) in [5.74, 6) is 0.342. The van der Waals surface area contributed by atoms with Crippen molar-refractivity contribution in [2.24, 2.45) is 5.92 Å². The fourth-order valence-corrected chi connectivity index (χ4v) is 2.68. The van der Waals surface area contributed by atoms with Gasteiger partial charge in [-0.1, -0.05) is 13.8 Å². The Balaban J connectivity index is 2.35. The number of rotatable bonds is 6. The zero-order chi connectivity index (χ0) is 12.8. The molecule has 3 nitrogen and oxygen atoms in total. The van der Waals surface area contributed by atoms with Crippen LogP contribution in [0.1, 0.15) is 42.3 Å². The second-order valence-corrected chi connectivity index (χ2v) is 5.59. The highest BCUT2D eigenvalue weighted by atomic mass is 32.1. The quantitative estimate of drug-likeness (QED) is 0.848. The van der Waals surface area contributed by atoms with Crippen LogP contribution >= 0.6 is 11.3 Å². The topological polar surface area (TPSA) is 42.0 Å². The number of carbonyl (C=O) groups excluding carboxylic acids is 1. The predicted molar refractivity (Wildman–Crippen MR) is 72.4 cm³/mol. The van der Waals surface area contributed by atoms with E-state index in [-0.39, 0.29) is 11.8 Å². The number of carbonyl (C=O) groups is 1. The molecule has 1 aromatic rings. The highest BCUT2D eigenvalue weighted by Crippen LogP contribution is 2.16. The smallest absolute Gasteiger partial charge is 0.223 e. The molecule has 0 unspecified atom stereocenters. The summed E-state index contributed by atoms with van der Waals surface area (Å²) in [5.41, 5.74) is 1.11. The summed E-state index contributed by atoms with van der Waals surface area (Å²) in [6.07, 6.45) is 2.67. The molecule has 96 valence electrons. The molecule has 0 radical (unpaired) electrons. The summed E-state index contributed by atoms with van der Waals surface area (Å²) in [4.78, 5) is 17.5. The van der Waals surface area contributed by atoms with Crippen LogP contribution in [0.15, 0.2) is 0 Å². The maximum atomic E-state index is 11.7. The first kappa shape index (κ1) is 14.2. The molecule has 0 aliphatic rings. The molecular formula is C13H22N2OS. The molecule has 1 amide bonds. The van der Waals surface area contributed by atoms with Gasteiger partial charge in [-0.3, -0.25) is 4.79 Å². The van der Waals surface area contributed by atoms with E-state index in [0.29, 0.717) is 6.54 Å². The number of hydrogen-bond donors (Lipinski definition) is 1. The Labute approximate surface area is 108 Å². The maximum Gasteiger partial charge on any atom is 0.223 e. The van der Waals surface area contributed by atoms with Gasteiger partial charge in [0, 0.05) is 23.8 Å². The zero-order valence-corrected chi connectivity index (χ0v) is 12.0. The van der Waals surface area contributed by atoms with Crippen molar-refractivity contribution in [1.82, 2.24) is 10.3 Å². The summed E-state index contributed by atoms with van der Waals surface area (Å²) in [7, 11) is 0. The summed E-state index contributed by atoms with van der Waals surface area (Å²) in [5, 5.41) is 4.11. The summed E-state index contributed by atoms with van der Waals surface area (Å²) < 4.78 is 0. The van der Waals surface area contributed by atoms with Crippen molar-refractivity contribution in [3.63, 3.8) is 0 Å². The van der Waals surface area contributed by atoms with Gasteiger partial charge in [0.1, 0.15) is 0 Å². The Morgan fingerprint density at radius 1 is 1.35 bits per heavy atom. The van der Waals surface area contributed by atoms with Crippen LogP contribution in [0.2, 0.25) is 0 Å². The monoisotopic (exact) mass is 254 g/mol. The third-order valence-corrected chi connectivity index (χ3v) is 4.20. The lowest BCUT2D eigenvalue weighted by Gasteiger charge is -2.11. The van der Waals surface area contributed by atoms with E-state index in [1.165, 1.54) is 4.88 Å². The van der Waals surface area contributed by atoms with Gasteiger partial charge in [0.15, 0.2) is 0 Å². The minimum atomic E-state index is 0.162. The van der Waals surface area contributed by atoms with Crippen LogP contribution in [0.5, 0.6) is 0 Å². The first-order valence-corrected chi connectivity index (χ1v) is 7.10. The van der Waals surface area contributed by atoms with E-state index in [1.807, 2.05) is 6.92 Å². The van der Waals surface area contributed by atoms with E-state index in [0.717, 1.165) is 30.0 Å². The normalized spacial score (nSPS) is 10.9. The number of aromatic nitrogens is 1. The third kappa shape index (κ3) is 4.11. The molecule has 1 rings (SSSR count). The molecule has 1 heterocycles. The molecule has 0 aromatic carbocycles. The van der Waals surface area contributed by atoms with E-state index >= 15 is 0 Å². The average molecular weight is 254 g/mol. The fraction of sp³-hybridized carbons (Fsp3) is 0.692. The number of nitrogens with zero attached hydrogens (tertiary/aromatic N) is 1. The SMILES string of the molecule is CCC(CC)C(=O)NCCc1nc(C)c(C)s1. The Bertz CT molecular complexity index is 350. The third-order valence-electron chi connectivity index (χ3n) is 3.07. The van der Waals surface area contributed by atoms with Crippen molar-refractivity contribution in [2.75, 3.05) is 6.54 Å². The number of aryl methyl sites for hydroxylation is 2. The van der Waals surface area contributed by atoms with Crippen molar-refractivity contribution in [1.29, 1.82) is 0 Å². The van der Waals surface area contributed by atoms with Gasteiger partial charge < -0.3 is 5.32 Å². The van der Waals surface area contributed by atoms with Gasteiger partial charge in [-0.2, -0.15) is 0 Å². The Hall–Kier alpha value is -0.900. The minimum Gasteiger partial charge on any atom is -0.355 e. The van der Waals surface area contributed by atoms with Gasteiger partial charge in [0.05, 0.1) is 10.7 Å². The van der Waals surface area contributed by atoms with Crippen LogP contribution in [0, 0.1) is 19.8 Å². The van der Waals surface area contributed by atoms with Crippen molar-refractivity contribution in [3.05, 3.63) is 15.6 Å². The van der Waals surface area contributed by atoms with Crippen molar-refractivity contribution >= 4 is 17.2 Å². The molecule has 0 bridgehead atoms. The molecule has 4 heteroatoms. The van der Waals surface area contributed by atoms with E-state index in [2.05, 4.69) is 31.1 Å². The van der Waals surface area contributed by atoms with Crippen molar-refractivity contribution in [3.8, 4) is 0 Å². The number of nitrogens with one attached hydrogen (secondary N) is 1. The number of amides is 1. The average Bonchev–Trinajstić information content (AvgIpc) is 2.60. The first-order valence-electron chi connectivity index (χ1n) is 6.29. The summed E-state index contributed by atoms with van der Waals surface area (Å²) in [6, 6.07) is 0. The fourth-order valence-electron chi connectivity index (χ4n) is 1.74. The van der Waals surface area contributed by atoms with Crippen molar-refractivity contribution in [2.45, 2.75) is 47.0 Å². The number of thiazole rings is 1. The lowest BCUT2D eigenvalue weighted by atomic mass is 10.0. The van der Waals surface area contributed by atoms with Crippen LogP contribution in [0.25, 0.3) is 0 Å². The zero-order valence-electron chi connectivity index (χ0n) is 11.2. The molecule has 1 aromatic heterocycles. The second-order valence-electron chi connectivity index (χ2n) is 4.30. The Kier molecular flexibility index (Phi) is 5.62. The molecule has 0 spiro atoms. The highest BCUT2D eigenvalue weighted by Gasteiger charge is 2.13. The Morgan fingerprint density at radius 3 is 2.47 bits per heavy atom. The molecule has 0 saturated carbocycles. The van der Waals surface area contributed by atoms with Crippen LogP contribution in [-0.4, -0.2) is 17.4 Å². The number of hydrogen-bond acceptors (Lipinski definition) is 3. The van der Waals surface area contributed by atoms with E-state index < -0.39 is 0 Å². The van der Waals surface area contributed by atoms with E-state index in [4.69, 9.17) is 0 Å². The second kappa shape index (κ2) is 6.74. The molecule has 0 aliphatic heterocycles. The van der Waals surface area contributed by atoms with Gasteiger partial charge in [-0.05, 0) is 26.7 Å². The van der Waals surface area contributed by atoms with E-state index in [1.54, 1.807) is 11.3 Å². The van der Waals surface area contributed by atoms with Crippen LogP contribution in [0.4, 0.5) is 0 Å². The van der Waals surface area contributed by atoms with Crippen LogP contribution < -0.4 is 5.32 Å². The van der Waals surface area contributed by atoms with Gasteiger partial charge in [0.2, 0.25) is 5.91 Å². The molecule has 0 fully saturated rings. The lowest BCUT2D eigenvalue weighted by Crippen LogP contribution is -2.31. The van der Waals surface area contributed by atoms with E-state index in [9.17, 15) is 4.79 Å². The molecule has 0 aliphatic carbocycles. The molecule has 1 N–H and O–H groups in total. The Morgan fingerprint density at radius 2 is 2.00 bits per heavy atom. The highest BCUT2D eigenvalue weighted by molar-refractivity contribution is 7.11. The van der Waals surface area contributed by atoms with Gasteiger partial charge >= 0.3 is 0 Å². The van der Waals surface area contributed by atoms with Crippen LogP contribution in [0.3, 0.4) is 0 Å². The van der Waals surface area contributed by atoms with Gasteiger partial charge in [-0.25, -0.2) is 4.98 Å². The van der Waals surface area contributed by atoms with Gasteiger partial charge in [0.25, 0.3) is 0 Å². The first-order chi connectivity index (χ1) is 8.08. The van der Waals surface area contributed by atoms with Crippen molar-refractivity contribution < 1.29 is 4.79 Å². The molecule has 0 saturated heterocycles. The largest absolute Gasteiger partial charge is 0.355 e. The molecule has 0 atom stereocenters. The summed E-state index contributed by atoms with van der Waals surface area (Å²) >= 11 is 1.72. The van der Waals surface area contributed by atoms with Gasteiger partial charge in [-0.15, -0.1) is 11.3 Å². The van der Waals surface area contributed by atoms with Crippen LogP contribution in [-0.2, 0) is 11.2 Å². The molecular weight excluding hydrogens is 232 g/mol. The predicted octanol–water partition coefficient (Wildman–Crippen LogP) is 2.85. The summed E-state index contributed by atoms with van der Waals surface area (Å²) in [6.45, 7) is 8.92.